The maximum atomic E-state index is 11.2. The van der Waals surface area contributed by atoms with Crippen molar-refractivity contribution in [1.82, 2.24) is 0 Å². The predicted octanol–water partition coefficient (Wildman–Crippen LogP) is 1.14. The molecule has 0 aromatic rings. The molecule has 0 amide bonds. The summed E-state index contributed by atoms with van der Waals surface area (Å²) in [6.07, 6.45) is 0. The van der Waals surface area contributed by atoms with E-state index in [1.54, 1.807) is 0 Å². The van der Waals surface area contributed by atoms with Gasteiger partial charge in [0.1, 0.15) is 0 Å². The Kier molecular flexibility index (Phi) is 1.77. The van der Waals surface area contributed by atoms with Crippen molar-refractivity contribution in [3.63, 3.8) is 0 Å². The fraction of sp³-hybridized carbons (Fsp3) is 0.750. The quantitative estimate of drug-likeness (QED) is 0.441. The monoisotopic (exact) mass is 90.0 g/mol. The van der Waals surface area contributed by atoms with Gasteiger partial charge in [-0.2, -0.15) is 4.39 Å². The van der Waals surface area contributed by atoms with E-state index in [4.69, 9.17) is 0 Å². The normalized spacial score (nSPS) is 9.33. The van der Waals surface area contributed by atoms with Crippen molar-refractivity contribution < 1.29 is 9.18 Å². The summed E-state index contributed by atoms with van der Waals surface area (Å²) in [4.78, 5) is 9.48. The lowest BCUT2D eigenvalue weighted by Gasteiger charge is -1.86. The molecule has 0 N–H and O–H groups in total. The molecule has 0 saturated carbocycles. The third-order valence-corrected chi connectivity index (χ3v) is 0.454. The van der Waals surface area contributed by atoms with Crippen molar-refractivity contribution in [3.05, 3.63) is 0 Å². The van der Waals surface area contributed by atoms with Crippen LogP contribution in [0.1, 0.15) is 13.8 Å². The smallest absolute Gasteiger partial charge is 0.261 e. The van der Waals surface area contributed by atoms with E-state index in [1.807, 2.05) is 0 Å². The van der Waals surface area contributed by atoms with Crippen LogP contribution in [0.15, 0.2) is 0 Å². The Bertz CT molecular complexity index is 58.6. The highest BCUT2D eigenvalue weighted by atomic mass is 19.1. The molecule has 0 saturated heterocycles. The van der Waals surface area contributed by atoms with Crippen molar-refractivity contribution >= 4 is 6.04 Å². The Morgan fingerprint density at radius 3 is 1.83 bits per heavy atom. The Labute approximate surface area is 36.2 Å². The molecule has 0 heterocycles. The Morgan fingerprint density at radius 1 is 1.67 bits per heavy atom. The van der Waals surface area contributed by atoms with Crippen molar-refractivity contribution in [2.24, 2.45) is 5.92 Å². The molecule has 0 spiro atoms. The molecule has 0 radical (unpaired) electrons. The molecular weight excluding hydrogens is 83.0 g/mol. The van der Waals surface area contributed by atoms with Crippen LogP contribution in [0.4, 0.5) is 4.39 Å². The number of hydrogen-bond donors (Lipinski definition) is 0. The van der Waals surface area contributed by atoms with E-state index in [0.29, 0.717) is 0 Å². The van der Waals surface area contributed by atoms with E-state index < -0.39 is 12.0 Å². The minimum Gasteiger partial charge on any atom is -0.261 e. The second kappa shape index (κ2) is 1.90. The first-order valence-electron chi connectivity index (χ1n) is 1.84. The SMILES string of the molecule is CC(C)C(=O)F. The van der Waals surface area contributed by atoms with Crippen LogP contribution in [0.2, 0.25) is 0 Å². The Morgan fingerprint density at radius 2 is 1.83 bits per heavy atom. The summed E-state index contributed by atoms with van der Waals surface area (Å²) in [6, 6.07) is -1.24. The molecule has 0 aliphatic heterocycles. The van der Waals surface area contributed by atoms with Gasteiger partial charge in [-0.25, -0.2) is 0 Å². The van der Waals surface area contributed by atoms with Crippen molar-refractivity contribution in [3.8, 4) is 0 Å². The highest BCUT2D eigenvalue weighted by Gasteiger charge is 2.00. The molecule has 0 fully saturated rings. The van der Waals surface area contributed by atoms with Gasteiger partial charge in [0, 0.05) is 5.92 Å². The van der Waals surface area contributed by atoms with Crippen LogP contribution < -0.4 is 0 Å². The van der Waals surface area contributed by atoms with E-state index >= 15 is 0 Å². The highest BCUT2D eigenvalue weighted by Crippen LogP contribution is 1.92. The Balaban J connectivity index is 3.26. The standard InChI is InChI=1S/C4H7FO/c1-3(2)4(5)6/h3H,1-2H3. The third kappa shape index (κ3) is 1.88. The second-order valence-electron chi connectivity index (χ2n) is 1.46. The number of rotatable bonds is 1. The maximum absolute atomic E-state index is 11.2. The first-order valence-corrected chi connectivity index (χ1v) is 1.84. The lowest BCUT2D eigenvalue weighted by molar-refractivity contribution is -0.132. The summed E-state index contributed by atoms with van der Waals surface area (Å²) in [5, 5.41) is 0. The lowest BCUT2D eigenvalue weighted by Crippen LogP contribution is -1.96. The average molecular weight is 90.1 g/mol. The minimum atomic E-state index is -1.24. The molecule has 0 atom stereocenters. The first kappa shape index (κ1) is 5.60. The van der Waals surface area contributed by atoms with Crippen molar-refractivity contribution in [2.75, 3.05) is 0 Å². The summed E-state index contributed by atoms with van der Waals surface area (Å²) in [5.74, 6) is -0.454. The number of carbonyl (C=O) groups is 1. The first-order chi connectivity index (χ1) is 2.64. The largest absolute Gasteiger partial charge is 0.304 e. The van der Waals surface area contributed by atoms with Crippen molar-refractivity contribution in [2.45, 2.75) is 13.8 Å². The molecule has 36 valence electrons. The fourth-order valence-corrected chi connectivity index (χ4v) is 0. The molecule has 0 aliphatic rings. The fourth-order valence-electron chi connectivity index (χ4n) is 0. The van der Waals surface area contributed by atoms with Gasteiger partial charge < -0.3 is 0 Å². The number of carbonyl (C=O) groups excluding carboxylic acids is 1. The van der Waals surface area contributed by atoms with Gasteiger partial charge in [-0.1, -0.05) is 13.8 Å². The third-order valence-electron chi connectivity index (χ3n) is 0.454. The van der Waals surface area contributed by atoms with Gasteiger partial charge in [-0.05, 0) is 0 Å². The van der Waals surface area contributed by atoms with Crippen molar-refractivity contribution in [1.29, 1.82) is 0 Å². The van der Waals surface area contributed by atoms with Crippen LogP contribution in [0.25, 0.3) is 0 Å². The second-order valence-corrected chi connectivity index (χ2v) is 1.46. The molecule has 6 heavy (non-hydrogen) atoms. The van der Waals surface area contributed by atoms with E-state index in [-0.39, 0.29) is 0 Å². The minimum absolute atomic E-state index is 0.454. The van der Waals surface area contributed by atoms with Crippen LogP contribution >= 0.6 is 0 Å². The van der Waals surface area contributed by atoms with Gasteiger partial charge in [-0.15, -0.1) is 0 Å². The van der Waals surface area contributed by atoms with Gasteiger partial charge in [0.15, 0.2) is 0 Å². The number of hydrogen-bond acceptors (Lipinski definition) is 1. The molecule has 0 rings (SSSR count). The molecule has 0 aromatic carbocycles. The zero-order valence-electron chi connectivity index (χ0n) is 3.86. The summed E-state index contributed by atoms with van der Waals surface area (Å²) < 4.78 is 11.2. The summed E-state index contributed by atoms with van der Waals surface area (Å²) >= 11 is 0. The lowest BCUT2D eigenvalue weighted by atomic mass is 10.2. The highest BCUT2D eigenvalue weighted by molar-refractivity contribution is 5.69. The molecule has 2 heteroatoms. The molecule has 0 bridgehead atoms. The summed E-state index contributed by atoms with van der Waals surface area (Å²) in [5.41, 5.74) is 0. The molecular formula is C4H7FO. The molecule has 0 aliphatic carbocycles. The maximum Gasteiger partial charge on any atom is 0.304 e. The van der Waals surface area contributed by atoms with E-state index in [2.05, 4.69) is 0 Å². The van der Waals surface area contributed by atoms with E-state index in [9.17, 15) is 9.18 Å². The molecule has 1 nitrogen and oxygen atoms in total. The summed E-state index contributed by atoms with van der Waals surface area (Å²) in [6.45, 7) is 3.03. The zero-order valence-corrected chi connectivity index (χ0v) is 3.86. The van der Waals surface area contributed by atoms with Crippen LogP contribution in [-0.2, 0) is 4.79 Å². The van der Waals surface area contributed by atoms with Crippen LogP contribution in [0, 0.1) is 5.92 Å². The van der Waals surface area contributed by atoms with Gasteiger partial charge in [0.25, 0.3) is 0 Å². The van der Waals surface area contributed by atoms with Gasteiger partial charge in [0.2, 0.25) is 0 Å². The average Bonchev–Trinajstić information content (AvgIpc) is 1.36. The zero-order chi connectivity index (χ0) is 5.15. The van der Waals surface area contributed by atoms with E-state index in [0.717, 1.165) is 0 Å². The van der Waals surface area contributed by atoms with Crippen LogP contribution in [0.3, 0.4) is 0 Å². The predicted molar refractivity (Wildman–Crippen MR) is 21.0 cm³/mol. The summed E-state index contributed by atoms with van der Waals surface area (Å²) in [7, 11) is 0. The van der Waals surface area contributed by atoms with Gasteiger partial charge >= 0.3 is 6.04 Å². The van der Waals surface area contributed by atoms with E-state index in [1.165, 1.54) is 13.8 Å². The number of halogens is 1. The van der Waals surface area contributed by atoms with Gasteiger partial charge in [-0.3, -0.25) is 4.79 Å². The van der Waals surface area contributed by atoms with Crippen LogP contribution in [-0.4, -0.2) is 6.04 Å². The van der Waals surface area contributed by atoms with Gasteiger partial charge in [0.05, 0.1) is 0 Å². The Hall–Kier alpha value is -0.400. The molecule has 0 aromatic heterocycles. The van der Waals surface area contributed by atoms with Crippen LogP contribution in [0.5, 0.6) is 0 Å². The topological polar surface area (TPSA) is 17.1 Å². The molecule has 0 unspecified atom stereocenters.